The normalized spacial score (nSPS) is 16.2. The standard InChI is InChI=1S/C13H22N2O3/c1-10(2)12(16)18-9-6-14-13(17)15-7-4-11(3)5-8-15/h11H,1,4-9H2,2-3H3,(H,14,17). The summed E-state index contributed by atoms with van der Waals surface area (Å²) in [5.74, 6) is 0.279. The highest BCUT2D eigenvalue weighted by Gasteiger charge is 2.19. The van der Waals surface area contributed by atoms with Gasteiger partial charge in [-0.25, -0.2) is 9.59 Å². The number of amides is 2. The Labute approximate surface area is 108 Å². The van der Waals surface area contributed by atoms with Gasteiger partial charge in [0.15, 0.2) is 0 Å². The molecule has 2 amide bonds. The summed E-state index contributed by atoms with van der Waals surface area (Å²) < 4.78 is 4.89. The molecule has 1 fully saturated rings. The Balaban J connectivity index is 2.14. The number of nitrogens with zero attached hydrogens (tertiary/aromatic N) is 1. The Morgan fingerprint density at radius 1 is 1.39 bits per heavy atom. The maximum Gasteiger partial charge on any atom is 0.333 e. The lowest BCUT2D eigenvalue weighted by Gasteiger charge is -2.30. The average molecular weight is 254 g/mol. The van der Waals surface area contributed by atoms with Gasteiger partial charge < -0.3 is 15.0 Å². The SMILES string of the molecule is C=C(C)C(=O)OCCNC(=O)N1CCC(C)CC1. The van der Waals surface area contributed by atoms with Crippen LogP contribution in [0.1, 0.15) is 26.7 Å². The molecule has 0 aromatic heterocycles. The molecule has 0 aromatic rings. The third kappa shape index (κ3) is 4.77. The molecule has 1 N–H and O–H groups in total. The number of rotatable bonds is 4. The molecular weight excluding hydrogens is 232 g/mol. The zero-order valence-corrected chi connectivity index (χ0v) is 11.2. The Morgan fingerprint density at radius 2 is 2.00 bits per heavy atom. The van der Waals surface area contributed by atoms with Crippen LogP contribution in [0.5, 0.6) is 0 Å². The molecule has 0 bridgehead atoms. The molecule has 0 radical (unpaired) electrons. The number of hydrogen-bond acceptors (Lipinski definition) is 3. The second kappa shape index (κ2) is 7.03. The van der Waals surface area contributed by atoms with E-state index in [1.807, 2.05) is 0 Å². The van der Waals surface area contributed by atoms with Crippen LogP contribution in [-0.4, -0.2) is 43.1 Å². The molecule has 5 heteroatoms. The van der Waals surface area contributed by atoms with Crippen molar-refractivity contribution >= 4 is 12.0 Å². The first-order chi connectivity index (χ1) is 8.50. The summed E-state index contributed by atoms with van der Waals surface area (Å²) in [6.45, 7) is 9.40. The molecule has 102 valence electrons. The van der Waals surface area contributed by atoms with Gasteiger partial charge in [0.2, 0.25) is 0 Å². The van der Waals surface area contributed by atoms with Crippen molar-refractivity contribution in [2.45, 2.75) is 26.7 Å². The fraction of sp³-hybridized carbons (Fsp3) is 0.692. The zero-order chi connectivity index (χ0) is 13.5. The molecule has 0 atom stereocenters. The minimum atomic E-state index is -0.420. The molecule has 1 rings (SSSR count). The molecule has 0 saturated carbocycles. The van der Waals surface area contributed by atoms with Crippen LogP contribution in [0.4, 0.5) is 4.79 Å². The van der Waals surface area contributed by atoms with Gasteiger partial charge >= 0.3 is 12.0 Å². The third-order valence-corrected chi connectivity index (χ3v) is 3.03. The molecule has 1 saturated heterocycles. The first-order valence-corrected chi connectivity index (χ1v) is 6.36. The lowest BCUT2D eigenvalue weighted by Crippen LogP contribution is -2.45. The van der Waals surface area contributed by atoms with E-state index in [-0.39, 0.29) is 12.6 Å². The predicted octanol–water partition coefficient (Wildman–Crippen LogP) is 1.55. The summed E-state index contributed by atoms with van der Waals surface area (Å²) in [5, 5.41) is 2.74. The Morgan fingerprint density at radius 3 is 2.56 bits per heavy atom. The number of hydrogen-bond donors (Lipinski definition) is 1. The van der Waals surface area contributed by atoms with E-state index in [1.54, 1.807) is 11.8 Å². The highest BCUT2D eigenvalue weighted by Crippen LogP contribution is 2.15. The number of nitrogens with one attached hydrogen (secondary N) is 1. The first-order valence-electron chi connectivity index (χ1n) is 6.36. The molecule has 0 aliphatic carbocycles. The topological polar surface area (TPSA) is 58.6 Å². The predicted molar refractivity (Wildman–Crippen MR) is 69.1 cm³/mol. The Kier molecular flexibility index (Phi) is 5.68. The van der Waals surface area contributed by atoms with E-state index >= 15 is 0 Å². The van der Waals surface area contributed by atoms with Crippen molar-refractivity contribution in [2.75, 3.05) is 26.2 Å². The summed E-state index contributed by atoms with van der Waals surface area (Å²) in [5.41, 5.74) is 0.367. The Hall–Kier alpha value is -1.52. The van der Waals surface area contributed by atoms with Gasteiger partial charge in [-0.15, -0.1) is 0 Å². The molecule has 18 heavy (non-hydrogen) atoms. The number of piperidine rings is 1. The molecule has 0 spiro atoms. The summed E-state index contributed by atoms with van der Waals surface area (Å²) in [6, 6.07) is -0.0757. The van der Waals surface area contributed by atoms with Gasteiger partial charge in [-0.2, -0.15) is 0 Å². The van der Waals surface area contributed by atoms with E-state index in [0.29, 0.717) is 18.0 Å². The molecule has 1 heterocycles. The fourth-order valence-electron chi connectivity index (χ4n) is 1.75. The van der Waals surface area contributed by atoms with E-state index < -0.39 is 5.97 Å². The maximum absolute atomic E-state index is 11.7. The monoisotopic (exact) mass is 254 g/mol. The number of carbonyl (C=O) groups excluding carboxylic acids is 2. The van der Waals surface area contributed by atoms with Crippen LogP contribution in [0.2, 0.25) is 0 Å². The van der Waals surface area contributed by atoms with Crippen LogP contribution in [0.25, 0.3) is 0 Å². The van der Waals surface area contributed by atoms with E-state index in [0.717, 1.165) is 25.9 Å². The van der Waals surface area contributed by atoms with Gasteiger partial charge in [0.05, 0.1) is 6.54 Å². The summed E-state index contributed by atoms with van der Waals surface area (Å²) in [7, 11) is 0. The van der Waals surface area contributed by atoms with Crippen molar-refractivity contribution in [3.05, 3.63) is 12.2 Å². The van der Waals surface area contributed by atoms with Crippen LogP contribution in [0.15, 0.2) is 12.2 Å². The summed E-state index contributed by atoms with van der Waals surface area (Å²) >= 11 is 0. The van der Waals surface area contributed by atoms with Crippen LogP contribution in [0.3, 0.4) is 0 Å². The van der Waals surface area contributed by atoms with Crippen LogP contribution in [-0.2, 0) is 9.53 Å². The third-order valence-electron chi connectivity index (χ3n) is 3.03. The highest BCUT2D eigenvalue weighted by molar-refractivity contribution is 5.86. The van der Waals surface area contributed by atoms with Crippen molar-refractivity contribution in [1.82, 2.24) is 10.2 Å². The van der Waals surface area contributed by atoms with E-state index in [1.165, 1.54) is 0 Å². The van der Waals surface area contributed by atoms with E-state index in [2.05, 4.69) is 18.8 Å². The van der Waals surface area contributed by atoms with E-state index in [9.17, 15) is 9.59 Å². The minimum Gasteiger partial charge on any atom is -0.460 e. The lowest BCUT2D eigenvalue weighted by atomic mass is 10.00. The van der Waals surface area contributed by atoms with Gasteiger partial charge in [0.25, 0.3) is 0 Å². The number of ether oxygens (including phenoxy) is 1. The average Bonchev–Trinajstić information content (AvgIpc) is 2.34. The highest BCUT2D eigenvalue weighted by atomic mass is 16.5. The van der Waals surface area contributed by atoms with Crippen LogP contribution >= 0.6 is 0 Å². The lowest BCUT2D eigenvalue weighted by molar-refractivity contribution is -0.138. The largest absolute Gasteiger partial charge is 0.460 e. The van der Waals surface area contributed by atoms with Gasteiger partial charge in [0, 0.05) is 18.7 Å². The molecular formula is C13H22N2O3. The zero-order valence-electron chi connectivity index (χ0n) is 11.2. The molecule has 0 aromatic carbocycles. The van der Waals surface area contributed by atoms with Gasteiger partial charge in [-0.05, 0) is 25.7 Å². The first kappa shape index (κ1) is 14.5. The molecule has 0 unspecified atom stereocenters. The van der Waals surface area contributed by atoms with Crippen LogP contribution < -0.4 is 5.32 Å². The van der Waals surface area contributed by atoms with Crippen molar-refractivity contribution in [3.8, 4) is 0 Å². The number of urea groups is 1. The Bertz CT molecular complexity index is 320. The number of likely N-dealkylation sites (tertiary alicyclic amines) is 1. The summed E-state index contributed by atoms with van der Waals surface area (Å²) in [6.07, 6.45) is 2.11. The van der Waals surface area contributed by atoms with Crippen molar-refractivity contribution < 1.29 is 14.3 Å². The van der Waals surface area contributed by atoms with Crippen molar-refractivity contribution in [3.63, 3.8) is 0 Å². The molecule has 1 aliphatic heterocycles. The van der Waals surface area contributed by atoms with Gasteiger partial charge in [-0.1, -0.05) is 13.5 Å². The summed E-state index contributed by atoms with van der Waals surface area (Å²) in [4.78, 5) is 24.6. The minimum absolute atomic E-state index is 0.0757. The quantitative estimate of drug-likeness (QED) is 0.470. The smallest absolute Gasteiger partial charge is 0.333 e. The maximum atomic E-state index is 11.7. The molecule has 5 nitrogen and oxygen atoms in total. The van der Waals surface area contributed by atoms with E-state index in [4.69, 9.17) is 4.74 Å². The van der Waals surface area contributed by atoms with Gasteiger partial charge in [-0.3, -0.25) is 0 Å². The second-order valence-corrected chi connectivity index (χ2v) is 4.82. The van der Waals surface area contributed by atoms with Crippen LogP contribution in [0, 0.1) is 5.92 Å². The number of esters is 1. The fourth-order valence-corrected chi connectivity index (χ4v) is 1.75. The second-order valence-electron chi connectivity index (χ2n) is 4.82. The van der Waals surface area contributed by atoms with Crippen molar-refractivity contribution in [1.29, 1.82) is 0 Å². The van der Waals surface area contributed by atoms with Gasteiger partial charge in [0.1, 0.15) is 6.61 Å². The molecule has 1 aliphatic rings. The van der Waals surface area contributed by atoms with Crippen molar-refractivity contribution in [2.24, 2.45) is 5.92 Å². The number of carbonyl (C=O) groups is 2.